The third kappa shape index (κ3) is 7.05. The standard InChI is InChI=1S/C28H32ClN3O5S/c1-5-30-28(34)21(3)31(18-22-7-6-8-25(17-22)37-4)27(33)19-32(24-13-11-23(29)12-14-24)38(35,36)26-15-9-20(2)10-16-26/h6-17,21H,5,18-19H2,1-4H3,(H,30,34)/t21-/m1/s1. The van der Waals surface area contributed by atoms with E-state index in [0.29, 0.717) is 17.3 Å². The third-order valence-electron chi connectivity index (χ3n) is 6.01. The molecule has 3 aromatic carbocycles. The van der Waals surface area contributed by atoms with Crippen LogP contribution in [-0.4, -0.2) is 51.4 Å². The minimum atomic E-state index is -4.13. The SMILES string of the molecule is CCNC(=O)[C@@H](C)N(Cc1cccc(OC)c1)C(=O)CN(c1ccc(Cl)cc1)S(=O)(=O)c1ccc(C)cc1. The van der Waals surface area contributed by atoms with Crippen LogP contribution in [0.3, 0.4) is 0 Å². The molecule has 202 valence electrons. The molecule has 1 atom stereocenters. The Labute approximate surface area is 229 Å². The predicted molar refractivity (Wildman–Crippen MR) is 149 cm³/mol. The fraction of sp³-hybridized carbons (Fsp3) is 0.286. The molecule has 0 saturated carbocycles. The number of nitrogens with one attached hydrogen (secondary N) is 1. The number of carbonyl (C=O) groups is 2. The van der Waals surface area contributed by atoms with Gasteiger partial charge in [0.15, 0.2) is 0 Å². The number of hydrogen-bond acceptors (Lipinski definition) is 5. The maximum Gasteiger partial charge on any atom is 0.264 e. The monoisotopic (exact) mass is 557 g/mol. The summed E-state index contributed by atoms with van der Waals surface area (Å²) < 4.78 is 33.9. The Morgan fingerprint density at radius 3 is 2.29 bits per heavy atom. The Balaban J connectivity index is 2.02. The highest BCUT2D eigenvalue weighted by atomic mass is 35.5. The molecule has 3 rings (SSSR count). The van der Waals surface area contributed by atoms with E-state index < -0.39 is 28.5 Å². The van der Waals surface area contributed by atoms with Gasteiger partial charge >= 0.3 is 0 Å². The molecule has 2 amide bonds. The molecule has 0 radical (unpaired) electrons. The number of rotatable bonds is 11. The number of aryl methyl sites for hydroxylation is 1. The molecule has 0 unspecified atom stereocenters. The molecule has 0 spiro atoms. The minimum absolute atomic E-state index is 0.0435. The van der Waals surface area contributed by atoms with Crippen LogP contribution in [0.15, 0.2) is 77.7 Å². The Morgan fingerprint density at radius 1 is 1.03 bits per heavy atom. The highest BCUT2D eigenvalue weighted by molar-refractivity contribution is 7.92. The number of amides is 2. The minimum Gasteiger partial charge on any atom is -0.497 e. The number of carbonyl (C=O) groups excluding carboxylic acids is 2. The zero-order valence-corrected chi connectivity index (χ0v) is 23.4. The van der Waals surface area contributed by atoms with Gasteiger partial charge in [-0.3, -0.25) is 13.9 Å². The summed E-state index contributed by atoms with van der Waals surface area (Å²) in [5.41, 5.74) is 1.90. The molecule has 38 heavy (non-hydrogen) atoms. The van der Waals surface area contributed by atoms with Crippen molar-refractivity contribution in [3.63, 3.8) is 0 Å². The van der Waals surface area contributed by atoms with Gasteiger partial charge in [0, 0.05) is 18.1 Å². The summed E-state index contributed by atoms with van der Waals surface area (Å²) in [6.07, 6.45) is 0. The quantitative estimate of drug-likeness (QED) is 0.377. The first kappa shape index (κ1) is 29.0. The maximum atomic E-state index is 13.8. The summed E-state index contributed by atoms with van der Waals surface area (Å²) in [5, 5.41) is 3.17. The van der Waals surface area contributed by atoms with Gasteiger partial charge in [0.2, 0.25) is 11.8 Å². The van der Waals surface area contributed by atoms with Crippen molar-refractivity contribution in [2.45, 2.75) is 38.3 Å². The van der Waals surface area contributed by atoms with Gasteiger partial charge in [0.1, 0.15) is 18.3 Å². The zero-order chi connectivity index (χ0) is 27.9. The van der Waals surface area contributed by atoms with Gasteiger partial charge in [-0.2, -0.15) is 0 Å². The highest BCUT2D eigenvalue weighted by Crippen LogP contribution is 2.26. The predicted octanol–water partition coefficient (Wildman–Crippen LogP) is 4.41. The zero-order valence-electron chi connectivity index (χ0n) is 21.8. The average molecular weight is 558 g/mol. The van der Waals surface area contributed by atoms with E-state index in [-0.39, 0.29) is 23.0 Å². The van der Waals surface area contributed by atoms with Crippen LogP contribution in [0, 0.1) is 6.92 Å². The topological polar surface area (TPSA) is 96.0 Å². The van der Waals surface area contributed by atoms with Crippen molar-refractivity contribution < 1.29 is 22.7 Å². The van der Waals surface area contributed by atoms with E-state index in [0.717, 1.165) is 15.4 Å². The lowest BCUT2D eigenvalue weighted by Crippen LogP contribution is -2.51. The van der Waals surface area contributed by atoms with Crippen LogP contribution >= 0.6 is 11.6 Å². The molecule has 3 aromatic rings. The molecule has 1 N–H and O–H groups in total. The van der Waals surface area contributed by atoms with Crippen LogP contribution in [0.4, 0.5) is 5.69 Å². The van der Waals surface area contributed by atoms with Crippen LogP contribution in [0.5, 0.6) is 5.75 Å². The van der Waals surface area contributed by atoms with E-state index in [1.165, 1.54) is 17.0 Å². The second kappa shape index (κ2) is 12.8. The van der Waals surface area contributed by atoms with Gasteiger partial charge in [0.25, 0.3) is 10.0 Å². The first-order chi connectivity index (χ1) is 18.1. The first-order valence-corrected chi connectivity index (χ1v) is 13.9. The van der Waals surface area contributed by atoms with Crippen LogP contribution in [0.25, 0.3) is 0 Å². The number of hydrogen-bond donors (Lipinski definition) is 1. The van der Waals surface area contributed by atoms with E-state index in [1.807, 2.05) is 13.0 Å². The number of sulfonamides is 1. The van der Waals surface area contributed by atoms with Gasteiger partial charge in [-0.1, -0.05) is 41.4 Å². The molecule has 0 aliphatic carbocycles. The normalized spacial score (nSPS) is 11.9. The molecule has 8 nitrogen and oxygen atoms in total. The van der Waals surface area contributed by atoms with E-state index in [1.54, 1.807) is 75.6 Å². The van der Waals surface area contributed by atoms with E-state index in [2.05, 4.69) is 5.32 Å². The number of methoxy groups -OCH3 is 1. The van der Waals surface area contributed by atoms with E-state index >= 15 is 0 Å². The van der Waals surface area contributed by atoms with E-state index in [4.69, 9.17) is 16.3 Å². The second-order valence-electron chi connectivity index (χ2n) is 8.74. The molecule has 0 aromatic heterocycles. The summed E-state index contributed by atoms with van der Waals surface area (Å²) in [6, 6.07) is 18.9. The third-order valence-corrected chi connectivity index (χ3v) is 8.05. The number of halogens is 1. The Kier molecular flexibility index (Phi) is 9.77. The van der Waals surface area contributed by atoms with Gasteiger partial charge in [0.05, 0.1) is 17.7 Å². The summed E-state index contributed by atoms with van der Waals surface area (Å²) >= 11 is 6.04. The lowest BCUT2D eigenvalue weighted by atomic mass is 10.1. The first-order valence-electron chi connectivity index (χ1n) is 12.1. The van der Waals surface area contributed by atoms with Crippen molar-refractivity contribution in [1.29, 1.82) is 0 Å². The maximum absolute atomic E-state index is 13.8. The summed E-state index contributed by atoms with van der Waals surface area (Å²) in [4.78, 5) is 28.0. The Bertz CT molecular complexity index is 1360. The second-order valence-corrected chi connectivity index (χ2v) is 11.0. The molecule has 0 fully saturated rings. The summed E-state index contributed by atoms with van der Waals surface area (Å²) in [5.74, 6) is -0.286. The molecular formula is C28H32ClN3O5S. The van der Waals surface area contributed by atoms with Crippen molar-refractivity contribution in [3.8, 4) is 5.75 Å². The fourth-order valence-electron chi connectivity index (χ4n) is 3.85. The van der Waals surface area contributed by atoms with Gasteiger partial charge in [-0.05, 0) is 74.9 Å². The van der Waals surface area contributed by atoms with E-state index in [9.17, 15) is 18.0 Å². The van der Waals surface area contributed by atoms with Crippen LogP contribution < -0.4 is 14.4 Å². The van der Waals surface area contributed by atoms with Crippen LogP contribution in [0.1, 0.15) is 25.0 Å². The summed E-state index contributed by atoms with van der Waals surface area (Å²) in [6.45, 7) is 5.21. The molecule has 0 heterocycles. The highest BCUT2D eigenvalue weighted by Gasteiger charge is 2.32. The van der Waals surface area contributed by atoms with Gasteiger partial charge in [-0.25, -0.2) is 8.42 Å². The largest absolute Gasteiger partial charge is 0.497 e. The van der Waals surface area contributed by atoms with Gasteiger partial charge < -0.3 is 15.0 Å². The van der Waals surface area contributed by atoms with Crippen molar-refractivity contribution in [2.75, 3.05) is 24.5 Å². The molecule has 0 bridgehead atoms. The smallest absolute Gasteiger partial charge is 0.264 e. The average Bonchev–Trinajstić information content (AvgIpc) is 2.91. The molecule has 10 heteroatoms. The number of anilines is 1. The number of ether oxygens (including phenoxy) is 1. The van der Waals surface area contributed by atoms with Crippen LogP contribution in [0.2, 0.25) is 5.02 Å². The van der Waals surface area contributed by atoms with Crippen molar-refractivity contribution >= 4 is 39.1 Å². The molecule has 0 aliphatic heterocycles. The lowest BCUT2D eigenvalue weighted by Gasteiger charge is -2.32. The molecule has 0 saturated heterocycles. The van der Waals surface area contributed by atoms with Crippen molar-refractivity contribution in [2.24, 2.45) is 0 Å². The Hall–Kier alpha value is -3.56. The lowest BCUT2D eigenvalue weighted by molar-refractivity contribution is -0.139. The Morgan fingerprint density at radius 2 is 1.68 bits per heavy atom. The fourth-order valence-corrected chi connectivity index (χ4v) is 5.39. The molecular weight excluding hydrogens is 526 g/mol. The number of nitrogens with zero attached hydrogens (tertiary/aromatic N) is 2. The molecule has 0 aliphatic rings. The summed E-state index contributed by atoms with van der Waals surface area (Å²) in [7, 11) is -2.59. The van der Waals surface area contributed by atoms with Crippen molar-refractivity contribution in [1.82, 2.24) is 10.2 Å². The number of benzene rings is 3. The van der Waals surface area contributed by atoms with Gasteiger partial charge in [-0.15, -0.1) is 0 Å². The van der Waals surface area contributed by atoms with Crippen LogP contribution in [-0.2, 0) is 26.2 Å². The van der Waals surface area contributed by atoms with Crippen molar-refractivity contribution in [3.05, 3.63) is 88.9 Å². The number of likely N-dealkylation sites (N-methyl/N-ethyl adjacent to an activating group) is 1.